The van der Waals surface area contributed by atoms with Crippen molar-refractivity contribution >= 4 is 71.3 Å². The van der Waals surface area contributed by atoms with Crippen LogP contribution in [-0.2, 0) is 0 Å². The van der Waals surface area contributed by atoms with E-state index in [0.717, 1.165) is 4.90 Å². The molecule has 2 aromatic rings. The van der Waals surface area contributed by atoms with Crippen LogP contribution < -0.4 is 11.5 Å². The van der Waals surface area contributed by atoms with Crippen LogP contribution in [0, 0.1) is 0 Å². The van der Waals surface area contributed by atoms with E-state index >= 15 is 0 Å². The van der Waals surface area contributed by atoms with Crippen molar-refractivity contribution in [2.75, 3.05) is 11.5 Å². The van der Waals surface area contributed by atoms with Gasteiger partial charge in [-0.05, 0) is 12.1 Å². The molecule has 0 saturated carbocycles. The number of benzene rings is 1. The third-order valence-electron chi connectivity index (χ3n) is 1.93. The van der Waals surface area contributed by atoms with Crippen molar-refractivity contribution < 1.29 is 0 Å². The average Bonchev–Trinajstić information content (AvgIpc) is 2.28. The summed E-state index contributed by atoms with van der Waals surface area (Å²) in [4.78, 5) is 8.77. The quantitative estimate of drug-likeness (QED) is 0.794. The molecule has 0 spiro atoms. The minimum absolute atomic E-state index is 0. The maximum atomic E-state index is 6.07. The molecule has 4 nitrogen and oxygen atoms in total. The molecule has 0 saturated heterocycles. The van der Waals surface area contributed by atoms with Gasteiger partial charge < -0.3 is 11.5 Å². The molecule has 0 bridgehead atoms. The SMILES string of the molecule is Cl.Cl.Nc1cccc(Sc2ncc(Cl)nc2N)c1Cl. The Hall–Kier alpha value is -0.590. The zero-order chi connectivity index (χ0) is 12.4. The van der Waals surface area contributed by atoms with Crippen molar-refractivity contribution in [2.45, 2.75) is 9.92 Å². The normalized spacial score (nSPS) is 9.37. The molecule has 0 aliphatic rings. The second kappa shape index (κ2) is 7.87. The Labute approximate surface area is 137 Å². The van der Waals surface area contributed by atoms with Gasteiger partial charge in [0.15, 0.2) is 5.82 Å². The van der Waals surface area contributed by atoms with E-state index in [2.05, 4.69) is 9.97 Å². The van der Waals surface area contributed by atoms with E-state index < -0.39 is 0 Å². The van der Waals surface area contributed by atoms with Crippen LogP contribution in [0.5, 0.6) is 0 Å². The largest absolute Gasteiger partial charge is 0.397 e. The van der Waals surface area contributed by atoms with Gasteiger partial charge in [0.1, 0.15) is 10.2 Å². The molecule has 0 aliphatic heterocycles. The molecule has 0 radical (unpaired) electrons. The molecule has 0 unspecified atom stereocenters. The van der Waals surface area contributed by atoms with Gasteiger partial charge in [0, 0.05) is 4.90 Å². The molecule has 2 rings (SSSR count). The second-order valence-corrected chi connectivity index (χ2v) is 4.94. The predicted octanol–water partition coefficient (Wildman–Crippen LogP) is 3.94. The Morgan fingerprint density at radius 2 is 1.79 bits per heavy atom. The van der Waals surface area contributed by atoms with Gasteiger partial charge >= 0.3 is 0 Å². The number of anilines is 2. The van der Waals surface area contributed by atoms with Crippen molar-refractivity contribution in [2.24, 2.45) is 0 Å². The predicted molar refractivity (Wildman–Crippen MR) is 85.9 cm³/mol. The maximum Gasteiger partial charge on any atom is 0.158 e. The molecule has 0 amide bonds. The van der Waals surface area contributed by atoms with Gasteiger partial charge in [0.05, 0.1) is 16.9 Å². The molecule has 19 heavy (non-hydrogen) atoms. The lowest BCUT2D eigenvalue weighted by Gasteiger charge is -2.06. The summed E-state index contributed by atoms with van der Waals surface area (Å²) in [6.07, 6.45) is 1.43. The lowest BCUT2D eigenvalue weighted by Crippen LogP contribution is -1.96. The minimum atomic E-state index is 0. The number of halogens is 4. The molecule has 0 aliphatic carbocycles. The van der Waals surface area contributed by atoms with E-state index in [9.17, 15) is 0 Å². The Bertz CT molecular complexity index is 567. The van der Waals surface area contributed by atoms with Crippen molar-refractivity contribution in [3.63, 3.8) is 0 Å². The Morgan fingerprint density at radius 3 is 2.42 bits per heavy atom. The molecule has 104 valence electrons. The first kappa shape index (κ1) is 18.4. The van der Waals surface area contributed by atoms with Crippen LogP contribution in [0.25, 0.3) is 0 Å². The first-order valence-electron chi connectivity index (χ1n) is 4.58. The van der Waals surface area contributed by atoms with Gasteiger partial charge in [-0.3, -0.25) is 0 Å². The molecule has 1 aromatic carbocycles. The number of hydrogen-bond acceptors (Lipinski definition) is 5. The number of hydrogen-bond donors (Lipinski definition) is 2. The summed E-state index contributed by atoms with van der Waals surface area (Å²) in [7, 11) is 0. The lowest BCUT2D eigenvalue weighted by molar-refractivity contribution is 1.07. The van der Waals surface area contributed by atoms with E-state index in [4.69, 9.17) is 34.7 Å². The standard InChI is InChI=1S/C10H8Cl2N4S.2ClH/c11-7-4-15-10(9(14)16-7)17-6-3-1-2-5(13)8(6)12;;/h1-4H,13H2,(H2,14,16);2*1H. The summed E-state index contributed by atoms with van der Waals surface area (Å²) >= 11 is 13.0. The van der Waals surface area contributed by atoms with E-state index in [-0.39, 0.29) is 35.8 Å². The zero-order valence-corrected chi connectivity index (χ0v) is 13.3. The van der Waals surface area contributed by atoms with Crippen LogP contribution >= 0.6 is 59.8 Å². The van der Waals surface area contributed by atoms with E-state index in [0.29, 0.717) is 15.7 Å². The van der Waals surface area contributed by atoms with Crippen LogP contribution in [0.3, 0.4) is 0 Å². The van der Waals surface area contributed by atoms with Crippen LogP contribution in [0.4, 0.5) is 11.5 Å². The third-order valence-corrected chi connectivity index (χ3v) is 3.72. The highest BCUT2D eigenvalue weighted by Gasteiger charge is 2.10. The van der Waals surface area contributed by atoms with Crippen molar-refractivity contribution in [1.29, 1.82) is 0 Å². The summed E-state index contributed by atoms with van der Waals surface area (Å²) in [5.74, 6) is 0.265. The molecule has 9 heteroatoms. The van der Waals surface area contributed by atoms with Gasteiger partial charge in [-0.1, -0.05) is 41.0 Å². The molecule has 4 N–H and O–H groups in total. The Kier molecular flexibility index (Phi) is 7.62. The molecule has 0 atom stereocenters. The summed E-state index contributed by atoms with van der Waals surface area (Å²) in [6, 6.07) is 5.37. The summed E-state index contributed by atoms with van der Waals surface area (Å²) < 4.78 is 0. The fourth-order valence-electron chi connectivity index (χ4n) is 1.16. The van der Waals surface area contributed by atoms with Gasteiger partial charge in [0.2, 0.25) is 0 Å². The average molecular weight is 360 g/mol. The number of nitrogens with two attached hydrogens (primary N) is 2. The fourth-order valence-corrected chi connectivity index (χ4v) is 2.36. The van der Waals surface area contributed by atoms with E-state index in [1.807, 2.05) is 12.1 Å². The summed E-state index contributed by atoms with van der Waals surface area (Å²) in [5, 5.41) is 1.28. The van der Waals surface area contributed by atoms with Gasteiger partial charge in [0.25, 0.3) is 0 Å². The smallest absolute Gasteiger partial charge is 0.158 e. The van der Waals surface area contributed by atoms with Gasteiger partial charge in [-0.2, -0.15) is 0 Å². The third kappa shape index (κ3) is 4.47. The van der Waals surface area contributed by atoms with Crippen LogP contribution in [-0.4, -0.2) is 9.97 Å². The van der Waals surface area contributed by atoms with Crippen LogP contribution in [0.15, 0.2) is 34.3 Å². The minimum Gasteiger partial charge on any atom is -0.397 e. The first-order chi connectivity index (χ1) is 8.08. The Balaban J connectivity index is 0.00000162. The first-order valence-corrected chi connectivity index (χ1v) is 6.15. The summed E-state index contributed by atoms with van der Waals surface area (Å²) in [6.45, 7) is 0. The highest BCUT2D eigenvalue weighted by Crippen LogP contribution is 2.37. The topological polar surface area (TPSA) is 77.8 Å². The lowest BCUT2D eigenvalue weighted by atomic mass is 10.3. The van der Waals surface area contributed by atoms with Crippen LogP contribution in [0.1, 0.15) is 0 Å². The maximum absolute atomic E-state index is 6.07. The monoisotopic (exact) mass is 358 g/mol. The van der Waals surface area contributed by atoms with Gasteiger partial charge in [-0.15, -0.1) is 24.8 Å². The number of rotatable bonds is 2. The van der Waals surface area contributed by atoms with Gasteiger partial charge in [-0.25, -0.2) is 9.97 Å². The molecule has 0 fully saturated rings. The number of nitrogen functional groups attached to an aromatic ring is 2. The molecular weight excluding hydrogens is 350 g/mol. The highest BCUT2D eigenvalue weighted by molar-refractivity contribution is 7.99. The van der Waals surface area contributed by atoms with E-state index in [1.54, 1.807) is 6.07 Å². The Morgan fingerprint density at radius 1 is 1.11 bits per heavy atom. The zero-order valence-electron chi connectivity index (χ0n) is 9.34. The van der Waals surface area contributed by atoms with E-state index in [1.165, 1.54) is 18.0 Å². The number of aromatic nitrogens is 2. The molecular formula is C10H10Cl4N4S. The van der Waals surface area contributed by atoms with Crippen molar-refractivity contribution in [3.8, 4) is 0 Å². The molecule has 1 heterocycles. The van der Waals surface area contributed by atoms with Crippen LogP contribution in [0.2, 0.25) is 10.2 Å². The second-order valence-electron chi connectivity index (χ2n) is 3.14. The number of nitrogens with zero attached hydrogens (tertiary/aromatic N) is 2. The highest BCUT2D eigenvalue weighted by atomic mass is 35.5. The summed E-state index contributed by atoms with van der Waals surface area (Å²) in [5.41, 5.74) is 11.9. The van der Waals surface area contributed by atoms with Crippen molar-refractivity contribution in [1.82, 2.24) is 9.97 Å². The molecule has 1 aromatic heterocycles. The fraction of sp³-hybridized carbons (Fsp3) is 0. The van der Waals surface area contributed by atoms with Crippen molar-refractivity contribution in [3.05, 3.63) is 34.6 Å².